The third-order valence-electron chi connectivity index (χ3n) is 2.05. The Kier molecular flexibility index (Phi) is 2.87. The summed E-state index contributed by atoms with van der Waals surface area (Å²) in [7, 11) is 0. The molecule has 0 aliphatic carbocycles. The van der Waals surface area contributed by atoms with Gasteiger partial charge in [0.15, 0.2) is 0 Å². The molecule has 66 valence electrons. The molecular formula is C8H17NO2. The Hall–Kier alpha value is -0.120. The van der Waals surface area contributed by atoms with Crippen LogP contribution in [0.5, 0.6) is 0 Å². The molecular weight excluding hydrogens is 142 g/mol. The van der Waals surface area contributed by atoms with E-state index < -0.39 is 0 Å². The van der Waals surface area contributed by atoms with Crippen LogP contribution in [0.15, 0.2) is 0 Å². The number of rotatable bonds is 2. The molecule has 0 saturated carbocycles. The normalized spacial score (nSPS) is 35.2. The maximum absolute atomic E-state index is 9.13. The fraction of sp³-hybridized carbons (Fsp3) is 1.00. The molecule has 0 aromatic rings. The Morgan fingerprint density at radius 1 is 1.73 bits per heavy atom. The summed E-state index contributed by atoms with van der Waals surface area (Å²) in [5, 5.41) is 9.13. The van der Waals surface area contributed by atoms with E-state index in [2.05, 4.69) is 0 Å². The van der Waals surface area contributed by atoms with E-state index in [1.54, 1.807) is 6.92 Å². The van der Waals surface area contributed by atoms with Crippen LogP contribution < -0.4 is 5.73 Å². The summed E-state index contributed by atoms with van der Waals surface area (Å²) >= 11 is 0. The van der Waals surface area contributed by atoms with Gasteiger partial charge in [-0.1, -0.05) is 0 Å². The quantitative estimate of drug-likeness (QED) is 0.608. The van der Waals surface area contributed by atoms with Crippen LogP contribution in [0.3, 0.4) is 0 Å². The Morgan fingerprint density at radius 3 is 2.91 bits per heavy atom. The van der Waals surface area contributed by atoms with Crippen molar-refractivity contribution in [3.8, 4) is 0 Å². The lowest BCUT2D eigenvalue weighted by molar-refractivity contribution is 0.0153. The van der Waals surface area contributed by atoms with Crippen LogP contribution in [-0.4, -0.2) is 30.0 Å². The maximum Gasteiger partial charge on any atom is 0.0647 e. The van der Waals surface area contributed by atoms with Gasteiger partial charge >= 0.3 is 0 Å². The second kappa shape index (κ2) is 3.52. The largest absolute Gasteiger partial charge is 0.393 e. The third kappa shape index (κ3) is 2.77. The van der Waals surface area contributed by atoms with Gasteiger partial charge in [-0.05, 0) is 26.2 Å². The fourth-order valence-corrected chi connectivity index (χ4v) is 1.62. The number of aliphatic hydroxyl groups is 1. The number of nitrogens with two attached hydrogens (primary N) is 1. The van der Waals surface area contributed by atoms with E-state index in [-0.39, 0.29) is 11.6 Å². The van der Waals surface area contributed by atoms with Crippen molar-refractivity contribution in [1.82, 2.24) is 0 Å². The molecule has 3 N–H and O–H groups in total. The van der Waals surface area contributed by atoms with E-state index in [1.165, 1.54) is 0 Å². The summed E-state index contributed by atoms with van der Waals surface area (Å²) in [6.07, 6.45) is 2.32. The van der Waals surface area contributed by atoms with Crippen LogP contribution in [0, 0.1) is 0 Å². The van der Waals surface area contributed by atoms with Crippen molar-refractivity contribution in [3.63, 3.8) is 0 Å². The van der Waals surface area contributed by atoms with Crippen LogP contribution in [0.4, 0.5) is 0 Å². The van der Waals surface area contributed by atoms with Crippen LogP contribution >= 0.6 is 0 Å². The zero-order valence-electron chi connectivity index (χ0n) is 7.05. The molecule has 0 amide bonds. The number of aliphatic hydroxyl groups excluding tert-OH is 1. The van der Waals surface area contributed by atoms with Crippen LogP contribution in [0.25, 0.3) is 0 Å². The lowest BCUT2D eigenvalue weighted by atomic mass is 9.88. The Balaban J connectivity index is 2.37. The van der Waals surface area contributed by atoms with E-state index in [0.717, 1.165) is 19.4 Å². The molecule has 0 radical (unpaired) electrons. The molecule has 2 atom stereocenters. The van der Waals surface area contributed by atoms with Crippen molar-refractivity contribution in [1.29, 1.82) is 0 Å². The molecule has 3 nitrogen and oxygen atoms in total. The van der Waals surface area contributed by atoms with E-state index >= 15 is 0 Å². The Labute approximate surface area is 67.5 Å². The van der Waals surface area contributed by atoms with Crippen molar-refractivity contribution >= 4 is 0 Å². The number of hydrogen-bond donors (Lipinski definition) is 2. The monoisotopic (exact) mass is 159 g/mol. The van der Waals surface area contributed by atoms with Gasteiger partial charge in [0.25, 0.3) is 0 Å². The zero-order valence-corrected chi connectivity index (χ0v) is 7.05. The van der Waals surface area contributed by atoms with Gasteiger partial charge in [-0.3, -0.25) is 0 Å². The smallest absolute Gasteiger partial charge is 0.0647 e. The van der Waals surface area contributed by atoms with E-state index in [1.807, 2.05) is 0 Å². The topological polar surface area (TPSA) is 55.5 Å². The van der Waals surface area contributed by atoms with Crippen molar-refractivity contribution in [2.75, 3.05) is 13.2 Å². The molecule has 1 fully saturated rings. The van der Waals surface area contributed by atoms with Gasteiger partial charge in [-0.25, -0.2) is 0 Å². The van der Waals surface area contributed by atoms with Crippen LogP contribution in [-0.2, 0) is 4.74 Å². The molecule has 1 aliphatic heterocycles. The van der Waals surface area contributed by atoms with Gasteiger partial charge in [-0.2, -0.15) is 0 Å². The predicted molar refractivity (Wildman–Crippen MR) is 43.3 cm³/mol. The number of ether oxygens (including phenoxy) is 1. The van der Waals surface area contributed by atoms with Gasteiger partial charge in [0.05, 0.1) is 12.7 Å². The first-order valence-corrected chi connectivity index (χ1v) is 4.17. The lowest BCUT2D eigenvalue weighted by Crippen LogP contribution is -2.49. The molecule has 3 heteroatoms. The molecule has 1 saturated heterocycles. The molecule has 0 aromatic heterocycles. The summed E-state index contributed by atoms with van der Waals surface area (Å²) in [6, 6.07) is 0. The lowest BCUT2D eigenvalue weighted by Gasteiger charge is -2.34. The molecule has 0 spiro atoms. The average Bonchev–Trinajstić information content (AvgIpc) is 1.85. The summed E-state index contributed by atoms with van der Waals surface area (Å²) in [4.78, 5) is 0. The molecule has 1 aliphatic rings. The summed E-state index contributed by atoms with van der Waals surface area (Å²) < 4.78 is 5.25. The maximum atomic E-state index is 9.13. The average molecular weight is 159 g/mol. The molecule has 0 bridgehead atoms. The minimum absolute atomic E-state index is 0.271. The van der Waals surface area contributed by atoms with Crippen molar-refractivity contribution in [3.05, 3.63) is 0 Å². The van der Waals surface area contributed by atoms with E-state index in [4.69, 9.17) is 15.6 Å². The highest BCUT2D eigenvalue weighted by atomic mass is 16.5. The van der Waals surface area contributed by atoms with E-state index in [9.17, 15) is 0 Å². The fourth-order valence-electron chi connectivity index (χ4n) is 1.62. The van der Waals surface area contributed by atoms with Crippen molar-refractivity contribution < 1.29 is 9.84 Å². The molecule has 1 heterocycles. The summed E-state index contributed by atoms with van der Waals surface area (Å²) in [5.74, 6) is 0. The van der Waals surface area contributed by atoms with E-state index in [0.29, 0.717) is 13.0 Å². The van der Waals surface area contributed by atoms with Gasteiger partial charge in [0.2, 0.25) is 0 Å². The molecule has 11 heavy (non-hydrogen) atoms. The van der Waals surface area contributed by atoms with Gasteiger partial charge in [-0.15, -0.1) is 0 Å². The number of hydrogen-bond acceptors (Lipinski definition) is 3. The predicted octanol–water partition coefficient (Wildman–Crippen LogP) is 0.265. The van der Waals surface area contributed by atoms with Crippen LogP contribution in [0.1, 0.15) is 26.2 Å². The van der Waals surface area contributed by atoms with Gasteiger partial charge < -0.3 is 15.6 Å². The van der Waals surface area contributed by atoms with Crippen LogP contribution in [0.2, 0.25) is 0 Å². The third-order valence-corrected chi connectivity index (χ3v) is 2.05. The standard InChI is InChI=1S/C8H17NO2/c1-7(10)5-8(9)3-2-4-11-6-8/h7,10H,2-6,9H2,1H3. The highest BCUT2D eigenvalue weighted by Crippen LogP contribution is 2.21. The Bertz CT molecular complexity index is 119. The zero-order chi connectivity index (χ0) is 8.32. The highest BCUT2D eigenvalue weighted by Gasteiger charge is 2.29. The highest BCUT2D eigenvalue weighted by molar-refractivity contribution is 4.87. The minimum atomic E-state index is -0.318. The molecule has 1 rings (SSSR count). The SMILES string of the molecule is CC(O)CC1(N)CCCOC1. The van der Waals surface area contributed by atoms with Gasteiger partial charge in [0.1, 0.15) is 0 Å². The second-order valence-electron chi connectivity index (χ2n) is 3.57. The summed E-state index contributed by atoms with van der Waals surface area (Å²) in [5.41, 5.74) is 5.70. The first-order chi connectivity index (χ1) is 5.12. The van der Waals surface area contributed by atoms with Gasteiger partial charge in [0, 0.05) is 12.1 Å². The molecule has 0 aromatic carbocycles. The second-order valence-corrected chi connectivity index (χ2v) is 3.57. The summed E-state index contributed by atoms with van der Waals surface area (Å²) in [6.45, 7) is 3.18. The Morgan fingerprint density at radius 2 is 2.45 bits per heavy atom. The van der Waals surface area contributed by atoms with Crippen molar-refractivity contribution in [2.45, 2.75) is 37.8 Å². The molecule has 2 unspecified atom stereocenters. The first-order valence-electron chi connectivity index (χ1n) is 4.17. The minimum Gasteiger partial charge on any atom is -0.393 e. The first kappa shape index (κ1) is 8.97. The van der Waals surface area contributed by atoms with Crippen molar-refractivity contribution in [2.24, 2.45) is 5.73 Å².